The molecule has 4 rings (SSSR count). The van der Waals surface area contributed by atoms with Gasteiger partial charge in [0.25, 0.3) is 0 Å². The minimum Gasteiger partial charge on any atom is -0.370 e. The highest BCUT2D eigenvalue weighted by molar-refractivity contribution is 6.04. The van der Waals surface area contributed by atoms with E-state index in [1.165, 1.54) is 6.92 Å². The summed E-state index contributed by atoms with van der Waals surface area (Å²) < 4.78 is 0. The van der Waals surface area contributed by atoms with Crippen LogP contribution in [0.1, 0.15) is 36.8 Å². The number of allylic oxidation sites excluding steroid dienone is 3. The molecule has 1 unspecified atom stereocenters. The largest absolute Gasteiger partial charge is 0.370 e. The van der Waals surface area contributed by atoms with Gasteiger partial charge >= 0.3 is 0 Å². The minimum atomic E-state index is -1.27. The summed E-state index contributed by atoms with van der Waals surface area (Å²) in [5, 5.41) is 6.21. The summed E-state index contributed by atoms with van der Waals surface area (Å²) >= 11 is 0. The van der Waals surface area contributed by atoms with E-state index >= 15 is 0 Å². The summed E-state index contributed by atoms with van der Waals surface area (Å²) in [5.74, 6) is -2.59. The molecular weight excluding hydrogens is 494 g/mol. The van der Waals surface area contributed by atoms with E-state index in [0.29, 0.717) is 12.0 Å². The van der Waals surface area contributed by atoms with Gasteiger partial charge in [0, 0.05) is 35.0 Å². The number of Topliss-reactive ketones (excluding diaryl/α,β-unsaturated/α-hetero) is 1. The number of amides is 3. The Morgan fingerprint density at radius 1 is 0.974 bits per heavy atom. The maximum Gasteiger partial charge on any atom is 0.243 e. The molecule has 0 radical (unpaired) electrons. The number of primary amides is 1. The van der Waals surface area contributed by atoms with Gasteiger partial charge in [-0.1, -0.05) is 66.8 Å². The molecule has 0 saturated heterocycles. The van der Waals surface area contributed by atoms with Crippen LogP contribution in [-0.2, 0) is 25.6 Å². The molecule has 0 spiro atoms. The first kappa shape index (κ1) is 27.5. The number of benzene rings is 2. The molecule has 7 N–H and O–H groups in total. The van der Waals surface area contributed by atoms with E-state index in [1.54, 1.807) is 0 Å². The molecule has 1 aromatic heterocycles. The van der Waals surface area contributed by atoms with Crippen molar-refractivity contribution in [2.75, 3.05) is 0 Å². The monoisotopic (exact) mass is 527 g/mol. The van der Waals surface area contributed by atoms with Gasteiger partial charge in [0.15, 0.2) is 5.78 Å². The summed E-state index contributed by atoms with van der Waals surface area (Å²) in [6, 6.07) is 14.2. The third-order valence-corrected chi connectivity index (χ3v) is 6.76. The van der Waals surface area contributed by atoms with Crippen molar-refractivity contribution in [2.45, 2.75) is 50.2 Å². The fourth-order valence-electron chi connectivity index (χ4n) is 4.76. The fraction of sp³-hybridized carbons (Fsp3) is 0.267. The molecule has 1 aliphatic rings. The maximum atomic E-state index is 14.1. The molecule has 9 nitrogen and oxygen atoms in total. The van der Waals surface area contributed by atoms with E-state index in [-0.39, 0.29) is 18.1 Å². The zero-order valence-corrected chi connectivity index (χ0v) is 21.7. The predicted molar refractivity (Wildman–Crippen MR) is 149 cm³/mol. The van der Waals surface area contributed by atoms with E-state index in [2.05, 4.69) is 15.6 Å². The third kappa shape index (κ3) is 6.69. The van der Waals surface area contributed by atoms with Gasteiger partial charge in [-0.2, -0.15) is 0 Å². The second-order valence-electron chi connectivity index (χ2n) is 9.72. The van der Waals surface area contributed by atoms with Gasteiger partial charge in [-0.3, -0.25) is 19.2 Å². The number of aromatic amines is 1. The molecule has 39 heavy (non-hydrogen) atoms. The normalized spacial score (nSPS) is 17.1. The van der Waals surface area contributed by atoms with Crippen LogP contribution < -0.4 is 22.1 Å². The highest BCUT2D eigenvalue weighted by Crippen LogP contribution is 2.31. The number of fused-ring (bicyclic) bond motifs is 1. The lowest BCUT2D eigenvalue weighted by atomic mass is 9.82. The maximum absolute atomic E-state index is 14.1. The molecule has 0 bridgehead atoms. The third-order valence-electron chi connectivity index (χ3n) is 6.76. The molecule has 0 saturated carbocycles. The lowest BCUT2D eigenvalue weighted by Gasteiger charge is -2.26. The summed E-state index contributed by atoms with van der Waals surface area (Å²) in [7, 11) is 0. The van der Waals surface area contributed by atoms with Crippen LogP contribution in [0.3, 0.4) is 0 Å². The fourth-order valence-corrected chi connectivity index (χ4v) is 4.76. The molecule has 9 heteroatoms. The van der Waals surface area contributed by atoms with Gasteiger partial charge < -0.3 is 27.1 Å². The van der Waals surface area contributed by atoms with Crippen LogP contribution in [0.25, 0.3) is 10.9 Å². The molecule has 1 aliphatic carbocycles. The number of ketones is 1. The number of hydrogen-bond acceptors (Lipinski definition) is 5. The van der Waals surface area contributed by atoms with Crippen LogP contribution in [0, 0.1) is 0 Å². The number of para-hydroxylation sites is 1. The van der Waals surface area contributed by atoms with Gasteiger partial charge in [0.2, 0.25) is 17.7 Å². The van der Waals surface area contributed by atoms with E-state index in [9.17, 15) is 19.2 Å². The zero-order valence-electron chi connectivity index (χ0n) is 21.7. The molecule has 3 amide bonds. The van der Waals surface area contributed by atoms with Crippen molar-refractivity contribution in [1.82, 2.24) is 15.6 Å². The summed E-state index contributed by atoms with van der Waals surface area (Å²) in [6.07, 6.45) is 8.05. The first-order chi connectivity index (χ1) is 18.7. The molecule has 2 aromatic carbocycles. The Balaban J connectivity index is 1.66. The van der Waals surface area contributed by atoms with Crippen LogP contribution in [0.4, 0.5) is 0 Å². The van der Waals surface area contributed by atoms with Crippen molar-refractivity contribution in [3.8, 4) is 0 Å². The second kappa shape index (κ2) is 12.4. The Labute approximate surface area is 226 Å². The number of hydrogen-bond donors (Lipinski definition) is 5. The quantitative estimate of drug-likeness (QED) is 0.241. The van der Waals surface area contributed by atoms with Gasteiger partial charge in [0.1, 0.15) is 6.04 Å². The number of rotatable bonds is 11. The number of carbonyl (C=O) groups excluding carboxylic acids is 4. The number of H-pyrrole nitrogens is 1. The van der Waals surface area contributed by atoms with Crippen molar-refractivity contribution in [1.29, 1.82) is 0 Å². The van der Waals surface area contributed by atoms with Crippen molar-refractivity contribution < 1.29 is 19.2 Å². The Hall–Kier alpha value is -4.50. The van der Waals surface area contributed by atoms with Gasteiger partial charge in [-0.15, -0.1) is 0 Å². The number of nitrogens with two attached hydrogens (primary N) is 2. The molecule has 202 valence electrons. The van der Waals surface area contributed by atoms with E-state index in [4.69, 9.17) is 11.5 Å². The first-order valence-corrected chi connectivity index (χ1v) is 12.9. The molecule has 3 aromatic rings. The zero-order chi connectivity index (χ0) is 27.9. The minimum absolute atomic E-state index is 0.196. The van der Waals surface area contributed by atoms with Gasteiger partial charge in [-0.25, -0.2) is 0 Å². The van der Waals surface area contributed by atoms with E-state index in [1.807, 2.05) is 79.0 Å². The number of carbonyl (C=O) groups is 4. The van der Waals surface area contributed by atoms with Crippen molar-refractivity contribution >= 4 is 34.4 Å². The molecule has 0 aliphatic heterocycles. The SMILES string of the molecule is C[C@H](N)C(=O)N[C@@H](CC(N)=O)C(=O)N[C@H](Cc1c[nH]c2ccccc12)C(=O)C1=CCC=CC1c1ccccc1. The first-order valence-electron chi connectivity index (χ1n) is 12.9. The van der Waals surface area contributed by atoms with Crippen LogP contribution in [0.5, 0.6) is 0 Å². The molecule has 0 fully saturated rings. The Morgan fingerprint density at radius 3 is 2.38 bits per heavy atom. The molecule has 4 atom stereocenters. The molecule has 1 heterocycles. The van der Waals surface area contributed by atoms with Crippen molar-refractivity contribution in [3.05, 3.63) is 95.7 Å². The van der Waals surface area contributed by atoms with Crippen LogP contribution in [0.2, 0.25) is 0 Å². The van der Waals surface area contributed by atoms with Crippen molar-refractivity contribution in [3.63, 3.8) is 0 Å². The lowest BCUT2D eigenvalue weighted by Crippen LogP contribution is -2.55. The summed E-state index contributed by atoms with van der Waals surface area (Å²) in [5.41, 5.74) is 14.3. The smallest absolute Gasteiger partial charge is 0.243 e. The Kier molecular flexibility index (Phi) is 8.73. The number of aromatic nitrogens is 1. The molecular formula is C30H33N5O4. The van der Waals surface area contributed by atoms with Crippen LogP contribution in [-0.4, -0.2) is 46.6 Å². The van der Waals surface area contributed by atoms with Crippen molar-refractivity contribution in [2.24, 2.45) is 11.5 Å². The highest BCUT2D eigenvalue weighted by atomic mass is 16.2. The summed E-state index contributed by atoms with van der Waals surface area (Å²) in [6.45, 7) is 1.46. The van der Waals surface area contributed by atoms with E-state index in [0.717, 1.165) is 22.0 Å². The van der Waals surface area contributed by atoms with E-state index < -0.39 is 42.3 Å². The topological polar surface area (TPSA) is 160 Å². The average molecular weight is 528 g/mol. The Bertz CT molecular complexity index is 1420. The second-order valence-corrected chi connectivity index (χ2v) is 9.72. The summed E-state index contributed by atoms with van der Waals surface area (Å²) in [4.78, 5) is 54.7. The average Bonchev–Trinajstić information content (AvgIpc) is 3.34. The van der Waals surface area contributed by atoms with Crippen LogP contribution >= 0.6 is 0 Å². The van der Waals surface area contributed by atoms with Gasteiger partial charge in [-0.05, 0) is 30.5 Å². The van der Waals surface area contributed by atoms with Crippen LogP contribution in [0.15, 0.2) is 84.6 Å². The predicted octanol–water partition coefficient (Wildman–Crippen LogP) is 2.14. The Morgan fingerprint density at radius 2 is 1.67 bits per heavy atom. The standard InChI is InChI=1S/C30H33N5O4/c1-18(31)29(38)35-26(16-27(32)36)30(39)34-25(15-20-17-33-24-14-8-7-12-22(20)24)28(37)23-13-6-5-11-21(23)19-9-3-2-4-10-19/h2-5,7-14,17-18,21,25-26,33H,6,15-16,31H2,1H3,(H2,32,36)(H,34,39)(H,35,38)/t18-,21?,25+,26-/m0/s1. The van der Waals surface area contributed by atoms with Gasteiger partial charge in [0.05, 0.1) is 18.5 Å². The number of nitrogens with one attached hydrogen (secondary N) is 3. The lowest BCUT2D eigenvalue weighted by molar-refractivity contribution is -0.132. The highest BCUT2D eigenvalue weighted by Gasteiger charge is 2.33.